The Morgan fingerprint density at radius 1 is 1.04 bits per heavy atom. The first-order valence-electron chi connectivity index (χ1n) is 7.99. The Kier molecular flexibility index (Phi) is 5.75. The molecule has 2 aromatic rings. The number of aldehydes is 1. The van der Waals surface area contributed by atoms with Crippen LogP contribution >= 0.6 is 0 Å². The van der Waals surface area contributed by atoms with Crippen LogP contribution in [0.5, 0.6) is 0 Å². The first-order valence-corrected chi connectivity index (χ1v) is 9.54. The van der Waals surface area contributed by atoms with Crippen molar-refractivity contribution in [1.82, 2.24) is 4.72 Å². The summed E-state index contributed by atoms with van der Waals surface area (Å²) in [7, 11) is -3.52. The molecule has 1 unspecified atom stereocenters. The number of sulfonamides is 1. The number of alkyl halides is 1. The van der Waals surface area contributed by atoms with Crippen molar-refractivity contribution in [3.8, 4) is 11.1 Å². The summed E-state index contributed by atoms with van der Waals surface area (Å²) >= 11 is 0. The van der Waals surface area contributed by atoms with Gasteiger partial charge in [0.05, 0.1) is 5.25 Å². The molecule has 0 heterocycles. The lowest BCUT2D eigenvalue weighted by Gasteiger charge is -2.22. The van der Waals surface area contributed by atoms with E-state index < -0.39 is 20.9 Å². The molecule has 0 aromatic heterocycles. The molecule has 2 aromatic carbocycles. The minimum atomic E-state index is -3.52. The fraction of sp³-hybridized carbons (Fsp3) is 0.316. The zero-order valence-corrected chi connectivity index (χ0v) is 15.3. The van der Waals surface area contributed by atoms with Crippen LogP contribution in [0, 0.1) is 0 Å². The highest BCUT2D eigenvalue weighted by molar-refractivity contribution is 7.90. The largest absolute Gasteiger partial charge is 0.298 e. The highest BCUT2D eigenvalue weighted by Gasteiger charge is 2.28. The maximum Gasteiger partial charge on any atom is 0.214 e. The van der Waals surface area contributed by atoms with Crippen LogP contribution in [0.2, 0.25) is 0 Å². The predicted molar refractivity (Wildman–Crippen MR) is 97.8 cm³/mol. The first kappa shape index (κ1) is 19.3. The molecule has 0 fully saturated rings. The number of rotatable bonds is 7. The highest BCUT2D eigenvalue weighted by Crippen LogP contribution is 2.28. The van der Waals surface area contributed by atoms with E-state index in [0.29, 0.717) is 11.1 Å². The third kappa shape index (κ3) is 4.74. The molecular formula is C19H22FNO3S. The smallest absolute Gasteiger partial charge is 0.214 e. The van der Waals surface area contributed by atoms with Crippen LogP contribution in [0.3, 0.4) is 0 Å². The monoisotopic (exact) mass is 363 g/mol. The summed E-state index contributed by atoms with van der Waals surface area (Å²) in [6.07, 6.45) is 0.777. The Morgan fingerprint density at radius 2 is 1.52 bits per heavy atom. The quantitative estimate of drug-likeness (QED) is 0.763. The summed E-state index contributed by atoms with van der Waals surface area (Å²) in [4.78, 5) is 10.7. The van der Waals surface area contributed by atoms with Crippen molar-refractivity contribution in [2.24, 2.45) is 0 Å². The predicted octanol–water partition coefficient (Wildman–Crippen LogP) is 3.68. The minimum absolute atomic E-state index is 0.319. The number of carbonyl (C=O) groups excluding carboxylic acids is 1. The Hall–Kier alpha value is -2.05. The molecule has 0 spiro atoms. The van der Waals surface area contributed by atoms with E-state index in [9.17, 15) is 17.6 Å². The standard InChI is InChI=1S/C19H22FNO3S/c1-14(2)25(23,24)21-13-19(3,20)18-10-8-17(9-11-18)16-6-4-15(12-22)5-7-16/h4-12,14,21H,13H2,1-3H3. The second-order valence-electron chi connectivity index (χ2n) is 6.43. The second kappa shape index (κ2) is 7.45. The van der Waals surface area contributed by atoms with E-state index >= 15 is 0 Å². The molecule has 0 amide bonds. The van der Waals surface area contributed by atoms with Crippen molar-refractivity contribution in [2.45, 2.75) is 31.7 Å². The van der Waals surface area contributed by atoms with Gasteiger partial charge < -0.3 is 0 Å². The Morgan fingerprint density at radius 3 is 1.96 bits per heavy atom. The zero-order chi connectivity index (χ0) is 18.7. The topological polar surface area (TPSA) is 63.2 Å². The maximum absolute atomic E-state index is 14.9. The number of hydrogen-bond donors (Lipinski definition) is 1. The SMILES string of the molecule is CC(C)S(=O)(=O)NCC(C)(F)c1ccc(-c2ccc(C=O)cc2)cc1. The van der Waals surface area contributed by atoms with Gasteiger partial charge in [-0.1, -0.05) is 48.5 Å². The van der Waals surface area contributed by atoms with E-state index in [1.54, 1.807) is 50.2 Å². The number of nitrogens with one attached hydrogen (secondary N) is 1. The Bertz CT molecular complexity index is 826. The molecule has 0 saturated carbocycles. The number of halogens is 1. The van der Waals surface area contributed by atoms with Crippen molar-refractivity contribution >= 4 is 16.3 Å². The lowest BCUT2D eigenvalue weighted by molar-refractivity contribution is 0.112. The molecule has 0 radical (unpaired) electrons. The molecule has 6 heteroatoms. The highest BCUT2D eigenvalue weighted by atomic mass is 32.2. The summed E-state index contributed by atoms with van der Waals surface area (Å²) in [5.74, 6) is 0. The van der Waals surface area contributed by atoms with E-state index in [0.717, 1.165) is 17.4 Å². The minimum Gasteiger partial charge on any atom is -0.298 e. The van der Waals surface area contributed by atoms with Crippen LogP contribution in [-0.4, -0.2) is 26.5 Å². The summed E-state index contributed by atoms with van der Waals surface area (Å²) in [6.45, 7) is 4.12. The molecule has 0 aliphatic rings. The molecule has 0 aliphatic heterocycles. The molecular weight excluding hydrogens is 341 g/mol. The van der Waals surface area contributed by atoms with Gasteiger partial charge >= 0.3 is 0 Å². The van der Waals surface area contributed by atoms with E-state index in [4.69, 9.17) is 0 Å². The normalized spacial score (nSPS) is 14.3. The molecule has 1 N–H and O–H groups in total. The molecule has 134 valence electrons. The summed E-state index contributed by atoms with van der Waals surface area (Å²) in [5, 5.41) is -0.611. The van der Waals surface area contributed by atoms with Gasteiger partial charge in [0.2, 0.25) is 10.0 Å². The van der Waals surface area contributed by atoms with Crippen molar-refractivity contribution in [3.63, 3.8) is 0 Å². The lowest BCUT2D eigenvalue weighted by atomic mass is 9.95. The summed E-state index contributed by atoms with van der Waals surface area (Å²) in [5.41, 5.74) is 0.973. The fourth-order valence-corrected chi connectivity index (χ4v) is 3.07. The molecule has 0 bridgehead atoms. The van der Waals surface area contributed by atoms with Crippen LogP contribution in [0.4, 0.5) is 4.39 Å². The van der Waals surface area contributed by atoms with Gasteiger partial charge in [-0.15, -0.1) is 0 Å². The Labute approximate surface area is 148 Å². The second-order valence-corrected chi connectivity index (χ2v) is 8.75. The third-order valence-electron chi connectivity index (χ3n) is 4.09. The summed E-state index contributed by atoms with van der Waals surface area (Å²) < 4.78 is 40.8. The molecule has 0 saturated heterocycles. The van der Waals surface area contributed by atoms with E-state index in [1.807, 2.05) is 12.1 Å². The lowest BCUT2D eigenvalue weighted by Crippen LogP contribution is -2.39. The number of carbonyl (C=O) groups is 1. The van der Waals surface area contributed by atoms with Crippen molar-refractivity contribution < 1.29 is 17.6 Å². The van der Waals surface area contributed by atoms with Crippen LogP contribution in [-0.2, 0) is 15.7 Å². The van der Waals surface area contributed by atoms with Crippen LogP contribution in [0.25, 0.3) is 11.1 Å². The van der Waals surface area contributed by atoms with Crippen molar-refractivity contribution in [1.29, 1.82) is 0 Å². The van der Waals surface area contributed by atoms with Gasteiger partial charge in [0.25, 0.3) is 0 Å². The van der Waals surface area contributed by atoms with Gasteiger partial charge in [0.15, 0.2) is 0 Å². The molecule has 4 nitrogen and oxygen atoms in total. The molecule has 25 heavy (non-hydrogen) atoms. The van der Waals surface area contributed by atoms with Gasteiger partial charge in [-0.25, -0.2) is 17.5 Å². The van der Waals surface area contributed by atoms with E-state index in [2.05, 4.69) is 4.72 Å². The third-order valence-corrected chi connectivity index (χ3v) is 5.88. The van der Waals surface area contributed by atoms with Gasteiger partial charge in [0, 0.05) is 12.1 Å². The van der Waals surface area contributed by atoms with Crippen molar-refractivity contribution in [2.75, 3.05) is 6.54 Å². The van der Waals surface area contributed by atoms with E-state index in [1.165, 1.54) is 6.92 Å². The Balaban J connectivity index is 2.15. The van der Waals surface area contributed by atoms with Crippen LogP contribution in [0.1, 0.15) is 36.7 Å². The van der Waals surface area contributed by atoms with Gasteiger partial charge in [-0.05, 0) is 37.5 Å². The first-order chi connectivity index (χ1) is 11.7. The van der Waals surface area contributed by atoms with E-state index in [-0.39, 0.29) is 6.54 Å². The molecule has 1 atom stereocenters. The average molecular weight is 363 g/mol. The maximum atomic E-state index is 14.9. The number of benzene rings is 2. The number of hydrogen-bond acceptors (Lipinski definition) is 3. The molecule has 0 aliphatic carbocycles. The van der Waals surface area contributed by atoms with Gasteiger partial charge in [-0.3, -0.25) is 4.79 Å². The molecule has 2 rings (SSSR count). The van der Waals surface area contributed by atoms with Gasteiger partial charge in [-0.2, -0.15) is 0 Å². The van der Waals surface area contributed by atoms with Crippen molar-refractivity contribution in [3.05, 3.63) is 59.7 Å². The average Bonchev–Trinajstić information content (AvgIpc) is 2.60. The van der Waals surface area contributed by atoms with Crippen LogP contribution < -0.4 is 4.72 Å². The summed E-state index contributed by atoms with van der Waals surface area (Å²) in [6, 6.07) is 13.9. The van der Waals surface area contributed by atoms with Gasteiger partial charge in [0.1, 0.15) is 12.0 Å². The fourth-order valence-electron chi connectivity index (χ4n) is 2.27. The zero-order valence-electron chi connectivity index (χ0n) is 14.5. The van der Waals surface area contributed by atoms with Crippen LogP contribution in [0.15, 0.2) is 48.5 Å².